The van der Waals surface area contributed by atoms with Crippen LogP contribution in [0.4, 0.5) is 28.4 Å². The van der Waals surface area contributed by atoms with Crippen LogP contribution in [0.2, 0.25) is 0 Å². The minimum absolute atomic E-state index is 0.660. The molecule has 0 unspecified atom stereocenters. The maximum atomic E-state index is 9.12. The Balaban J connectivity index is 1.18. The van der Waals surface area contributed by atoms with Gasteiger partial charge in [0, 0.05) is 35.5 Å². The van der Waals surface area contributed by atoms with Crippen molar-refractivity contribution in [3.05, 3.63) is 188 Å². The van der Waals surface area contributed by atoms with Gasteiger partial charge < -0.3 is 9.80 Å². The summed E-state index contributed by atoms with van der Waals surface area (Å²) in [4.78, 5) is 4.43. The van der Waals surface area contributed by atoms with E-state index in [4.69, 9.17) is 5.26 Å². The molecule has 0 aromatic heterocycles. The smallest absolute Gasteiger partial charge is 0.0991 e. The van der Waals surface area contributed by atoms with E-state index < -0.39 is 0 Å². The Morgan fingerprint density at radius 1 is 0.340 bits per heavy atom. The number of hydrogen-bond acceptors (Lipinski definition) is 3. The molecule has 0 fully saturated rings. The van der Waals surface area contributed by atoms with Gasteiger partial charge in [0.15, 0.2) is 0 Å². The molecule has 0 heterocycles. The highest BCUT2D eigenvalue weighted by Gasteiger charge is 2.14. The molecule has 0 bridgehead atoms. The Kier molecular flexibility index (Phi) is 8.32. The van der Waals surface area contributed by atoms with Gasteiger partial charge in [0.1, 0.15) is 0 Å². The average Bonchev–Trinajstić information content (AvgIpc) is 3.16. The molecule has 0 radical (unpaired) electrons. The lowest BCUT2D eigenvalue weighted by Gasteiger charge is -2.26. The fourth-order valence-electron chi connectivity index (χ4n) is 5.90. The van der Waals surface area contributed by atoms with Crippen LogP contribution in [0.1, 0.15) is 5.56 Å². The minimum atomic E-state index is 0.660. The predicted octanol–water partition coefficient (Wildman–Crippen LogP) is 11.8. The molecule has 0 aliphatic carbocycles. The summed E-state index contributed by atoms with van der Waals surface area (Å²) in [6.45, 7) is 0. The molecule has 7 aromatic rings. The first-order chi connectivity index (χ1) is 23.2. The standard InChI is InChI=1S/C44H33N3/c1-46(40-22-12-33(32-45)13-23-40)41-24-14-38(15-25-41)39-20-30-44(31-21-39)47(42-26-16-36(17-27-42)34-8-4-2-5-9-34)43-28-18-37(19-29-43)35-10-6-3-7-11-35/h2-31H,1H3. The van der Waals surface area contributed by atoms with E-state index >= 15 is 0 Å². The van der Waals surface area contributed by atoms with Crippen LogP contribution in [0, 0.1) is 11.3 Å². The third-order valence-corrected chi connectivity index (χ3v) is 8.56. The van der Waals surface area contributed by atoms with Crippen molar-refractivity contribution in [1.29, 1.82) is 5.26 Å². The Hall–Kier alpha value is -6.37. The number of anilines is 5. The van der Waals surface area contributed by atoms with E-state index in [0.29, 0.717) is 5.56 Å². The summed E-state index contributed by atoms with van der Waals surface area (Å²) in [7, 11) is 2.04. The van der Waals surface area contributed by atoms with E-state index in [1.807, 2.05) is 43.4 Å². The van der Waals surface area contributed by atoms with E-state index in [0.717, 1.165) is 39.6 Å². The highest BCUT2D eigenvalue weighted by molar-refractivity contribution is 5.81. The van der Waals surface area contributed by atoms with Gasteiger partial charge in [-0.2, -0.15) is 5.26 Å². The van der Waals surface area contributed by atoms with Crippen molar-refractivity contribution < 1.29 is 0 Å². The second kappa shape index (κ2) is 13.3. The highest BCUT2D eigenvalue weighted by atomic mass is 15.1. The fraction of sp³-hybridized carbons (Fsp3) is 0.0227. The summed E-state index contributed by atoms with van der Waals surface area (Å²) in [6.07, 6.45) is 0. The van der Waals surface area contributed by atoms with E-state index in [1.165, 1.54) is 22.3 Å². The third-order valence-electron chi connectivity index (χ3n) is 8.56. The first kappa shape index (κ1) is 29.3. The molecule has 0 aliphatic rings. The molecule has 0 atom stereocenters. The number of rotatable bonds is 8. The zero-order chi connectivity index (χ0) is 32.0. The predicted molar refractivity (Wildman–Crippen MR) is 197 cm³/mol. The largest absolute Gasteiger partial charge is 0.345 e. The van der Waals surface area contributed by atoms with Crippen molar-refractivity contribution in [3.8, 4) is 39.4 Å². The summed E-state index contributed by atoms with van der Waals surface area (Å²) < 4.78 is 0. The molecule has 0 saturated carbocycles. The van der Waals surface area contributed by atoms with E-state index in [-0.39, 0.29) is 0 Å². The number of benzene rings is 7. The highest BCUT2D eigenvalue weighted by Crippen LogP contribution is 2.38. The van der Waals surface area contributed by atoms with Gasteiger partial charge in [-0.15, -0.1) is 0 Å². The lowest BCUT2D eigenvalue weighted by atomic mass is 10.0. The third kappa shape index (κ3) is 6.40. The average molecular weight is 604 g/mol. The van der Waals surface area contributed by atoms with Crippen LogP contribution in [0.3, 0.4) is 0 Å². The fourth-order valence-corrected chi connectivity index (χ4v) is 5.90. The van der Waals surface area contributed by atoms with E-state index in [1.54, 1.807) is 0 Å². The number of hydrogen-bond donors (Lipinski definition) is 0. The minimum Gasteiger partial charge on any atom is -0.345 e. The van der Waals surface area contributed by atoms with Crippen LogP contribution in [0.15, 0.2) is 182 Å². The Bertz CT molecular complexity index is 2010. The van der Waals surface area contributed by atoms with Gasteiger partial charge in [0.2, 0.25) is 0 Å². The van der Waals surface area contributed by atoms with E-state index in [9.17, 15) is 0 Å². The Morgan fingerprint density at radius 3 is 0.936 bits per heavy atom. The Labute approximate surface area is 276 Å². The van der Waals surface area contributed by atoms with E-state index in [2.05, 4.69) is 161 Å². The molecule has 0 aliphatic heterocycles. The second-order valence-electron chi connectivity index (χ2n) is 11.5. The Morgan fingerprint density at radius 2 is 0.617 bits per heavy atom. The normalized spacial score (nSPS) is 10.6. The van der Waals surface area contributed by atoms with Crippen molar-refractivity contribution in [2.75, 3.05) is 16.8 Å². The monoisotopic (exact) mass is 603 g/mol. The maximum Gasteiger partial charge on any atom is 0.0991 e. The molecule has 0 N–H and O–H groups in total. The quantitative estimate of drug-likeness (QED) is 0.173. The molecule has 47 heavy (non-hydrogen) atoms. The van der Waals surface area contributed by atoms with Crippen LogP contribution in [0.25, 0.3) is 33.4 Å². The van der Waals surface area contributed by atoms with Crippen molar-refractivity contribution in [2.45, 2.75) is 0 Å². The molecule has 0 amide bonds. The van der Waals surface area contributed by atoms with Gasteiger partial charge in [0.25, 0.3) is 0 Å². The molecule has 3 nitrogen and oxygen atoms in total. The number of nitrogens with zero attached hydrogens (tertiary/aromatic N) is 3. The molecule has 3 heteroatoms. The zero-order valence-corrected chi connectivity index (χ0v) is 26.2. The lowest BCUT2D eigenvalue weighted by molar-refractivity contribution is 1.21. The summed E-state index contributed by atoms with van der Waals surface area (Å²) >= 11 is 0. The van der Waals surface area contributed by atoms with Gasteiger partial charge in [-0.1, -0.05) is 109 Å². The lowest BCUT2D eigenvalue weighted by Crippen LogP contribution is -2.10. The van der Waals surface area contributed by atoms with Gasteiger partial charge in [-0.25, -0.2) is 0 Å². The van der Waals surface area contributed by atoms with Crippen LogP contribution in [-0.4, -0.2) is 7.05 Å². The van der Waals surface area contributed by atoms with Crippen LogP contribution in [-0.2, 0) is 0 Å². The molecule has 7 rings (SSSR count). The van der Waals surface area contributed by atoms with Gasteiger partial charge >= 0.3 is 0 Å². The molecule has 0 saturated heterocycles. The number of nitriles is 1. The van der Waals surface area contributed by atoms with Crippen molar-refractivity contribution in [1.82, 2.24) is 0 Å². The second-order valence-corrected chi connectivity index (χ2v) is 11.5. The molecule has 7 aromatic carbocycles. The van der Waals surface area contributed by atoms with Gasteiger partial charge in [0.05, 0.1) is 11.6 Å². The van der Waals surface area contributed by atoms with Crippen molar-refractivity contribution in [2.24, 2.45) is 0 Å². The summed E-state index contributed by atoms with van der Waals surface area (Å²) in [5.74, 6) is 0. The van der Waals surface area contributed by atoms with Crippen molar-refractivity contribution in [3.63, 3.8) is 0 Å². The molecular formula is C44H33N3. The van der Waals surface area contributed by atoms with Crippen molar-refractivity contribution >= 4 is 28.4 Å². The molecule has 0 spiro atoms. The topological polar surface area (TPSA) is 30.3 Å². The summed E-state index contributed by atoms with van der Waals surface area (Å²) in [6, 6.07) is 65.7. The van der Waals surface area contributed by atoms with Gasteiger partial charge in [-0.05, 0) is 106 Å². The molecular weight excluding hydrogens is 571 g/mol. The SMILES string of the molecule is CN(c1ccc(C#N)cc1)c1ccc(-c2ccc(N(c3ccc(-c4ccccc4)cc3)c3ccc(-c4ccccc4)cc3)cc2)cc1. The van der Waals surface area contributed by atoms with Crippen LogP contribution in [0.5, 0.6) is 0 Å². The maximum absolute atomic E-state index is 9.12. The first-order valence-electron chi connectivity index (χ1n) is 15.7. The van der Waals surface area contributed by atoms with Crippen LogP contribution >= 0.6 is 0 Å². The summed E-state index contributed by atoms with van der Waals surface area (Å²) in [5.41, 5.74) is 13.2. The van der Waals surface area contributed by atoms with Crippen LogP contribution < -0.4 is 9.80 Å². The van der Waals surface area contributed by atoms with Gasteiger partial charge in [-0.3, -0.25) is 0 Å². The zero-order valence-electron chi connectivity index (χ0n) is 26.2. The molecule has 224 valence electrons. The summed E-state index contributed by atoms with van der Waals surface area (Å²) in [5, 5.41) is 9.12. The first-order valence-corrected chi connectivity index (χ1v) is 15.7.